The number of para-hydroxylation sites is 1. The SMILES string of the molecule is COc1ccc(-c2nc(NC(=O)c3cccc(NC(=O)C4Cc5ccccc5O4)c3)n[nH]2)c(OC)c1. The summed E-state index contributed by atoms with van der Waals surface area (Å²) in [5.74, 6) is 1.70. The van der Waals surface area contributed by atoms with Gasteiger partial charge in [0.05, 0.1) is 19.8 Å². The standard InChI is InChI=1S/C26H23N5O5/c1-34-18-10-11-19(21(14-18)35-2)23-28-26(31-30-23)29-24(32)16-7-5-8-17(12-16)27-25(33)22-13-15-6-3-4-9-20(15)36-22/h3-12,14,22H,13H2,1-2H3,(H,27,33)(H2,28,29,30,31,32). The van der Waals surface area contributed by atoms with Crippen molar-refractivity contribution >= 4 is 23.5 Å². The predicted octanol–water partition coefficient (Wildman–Crippen LogP) is 3.68. The normalized spacial score (nSPS) is 13.9. The van der Waals surface area contributed by atoms with Crippen molar-refractivity contribution in [2.45, 2.75) is 12.5 Å². The second-order valence-electron chi connectivity index (χ2n) is 8.02. The van der Waals surface area contributed by atoms with E-state index in [1.54, 1.807) is 56.7 Å². The van der Waals surface area contributed by atoms with E-state index >= 15 is 0 Å². The fourth-order valence-electron chi connectivity index (χ4n) is 3.90. The number of aromatic nitrogens is 3. The zero-order valence-corrected chi connectivity index (χ0v) is 19.6. The maximum Gasteiger partial charge on any atom is 0.265 e. The molecule has 0 aliphatic carbocycles. The molecule has 0 radical (unpaired) electrons. The Labute approximate surface area is 206 Å². The van der Waals surface area contributed by atoms with Crippen molar-refractivity contribution in [1.29, 1.82) is 0 Å². The van der Waals surface area contributed by atoms with E-state index in [2.05, 4.69) is 25.8 Å². The molecule has 1 atom stereocenters. The smallest absolute Gasteiger partial charge is 0.265 e. The minimum atomic E-state index is -0.624. The molecule has 2 heterocycles. The minimum Gasteiger partial charge on any atom is -0.497 e. The van der Waals surface area contributed by atoms with Crippen LogP contribution in [0.3, 0.4) is 0 Å². The van der Waals surface area contributed by atoms with Gasteiger partial charge in [-0.2, -0.15) is 4.98 Å². The number of methoxy groups -OCH3 is 2. The molecule has 3 aromatic carbocycles. The number of anilines is 2. The Kier molecular flexibility index (Phi) is 6.23. The molecule has 0 saturated heterocycles. The van der Waals surface area contributed by atoms with Gasteiger partial charge in [-0.1, -0.05) is 24.3 Å². The summed E-state index contributed by atoms with van der Waals surface area (Å²) in [5.41, 5.74) is 2.46. The van der Waals surface area contributed by atoms with Crippen LogP contribution in [0.15, 0.2) is 66.7 Å². The van der Waals surface area contributed by atoms with Crippen LogP contribution in [0.1, 0.15) is 15.9 Å². The van der Waals surface area contributed by atoms with E-state index in [0.717, 1.165) is 5.56 Å². The van der Waals surface area contributed by atoms with Crippen LogP contribution in [0.5, 0.6) is 17.2 Å². The maximum absolute atomic E-state index is 12.8. The second kappa shape index (κ2) is 9.79. The van der Waals surface area contributed by atoms with Gasteiger partial charge in [0.1, 0.15) is 17.2 Å². The molecule has 1 aromatic heterocycles. The summed E-state index contributed by atoms with van der Waals surface area (Å²) < 4.78 is 16.4. The zero-order valence-electron chi connectivity index (χ0n) is 19.6. The fraction of sp³-hybridized carbons (Fsp3) is 0.154. The quantitative estimate of drug-likeness (QED) is 0.364. The van der Waals surface area contributed by atoms with Crippen molar-refractivity contribution in [3.05, 3.63) is 77.9 Å². The van der Waals surface area contributed by atoms with Crippen LogP contribution in [-0.4, -0.2) is 47.3 Å². The first-order chi connectivity index (χ1) is 17.5. The maximum atomic E-state index is 12.8. The molecule has 0 fully saturated rings. The topological polar surface area (TPSA) is 127 Å². The summed E-state index contributed by atoms with van der Waals surface area (Å²) >= 11 is 0. The number of hydrogen-bond donors (Lipinski definition) is 3. The lowest BCUT2D eigenvalue weighted by Gasteiger charge is -2.12. The number of rotatable bonds is 7. The van der Waals surface area contributed by atoms with Crippen molar-refractivity contribution < 1.29 is 23.8 Å². The molecule has 2 amide bonds. The highest BCUT2D eigenvalue weighted by atomic mass is 16.5. The van der Waals surface area contributed by atoms with E-state index in [0.29, 0.717) is 46.3 Å². The van der Waals surface area contributed by atoms with Crippen LogP contribution >= 0.6 is 0 Å². The molecular weight excluding hydrogens is 462 g/mol. The highest BCUT2D eigenvalue weighted by Crippen LogP contribution is 2.32. The Hall–Kier alpha value is -4.86. The number of fused-ring (bicyclic) bond motifs is 1. The second-order valence-corrected chi connectivity index (χ2v) is 8.02. The van der Waals surface area contributed by atoms with E-state index in [4.69, 9.17) is 14.2 Å². The van der Waals surface area contributed by atoms with Gasteiger partial charge in [-0.25, -0.2) is 0 Å². The van der Waals surface area contributed by atoms with E-state index in [9.17, 15) is 9.59 Å². The Morgan fingerprint density at radius 2 is 1.86 bits per heavy atom. The third kappa shape index (κ3) is 4.69. The summed E-state index contributed by atoms with van der Waals surface area (Å²) in [5, 5.41) is 12.4. The number of benzene rings is 3. The molecule has 1 aliphatic heterocycles. The molecule has 0 bridgehead atoms. The van der Waals surface area contributed by atoms with Crippen LogP contribution < -0.4 is 24.8 Å². The van der Waals surface area contributed by atoms with Gasteiger partial charge < -0.3 is 19.5 Å². The highest BCUT2D eigenvalue weighted by Gasteiger charge is 2.29. The molecule has 0 spiro atoms. The minimum absolute atomic E-state index is 0.0967. The van der Waals surface area contributed by atoms with Crippen LogP contribution in [0, 0.1) is 0 Å². The lowest BCUT2D eigenvalue weighted by molar-refractivity contribution is -0.122. The molecule has 36 heavy (non-hydrogen) atoms. The summed E-state index contributed by atoms with van der Waals surface area (Å²) in [6, 6.07) is 19.4. The van der Waals surface area contributed by atoms with Gasteiger partial charge in [-0.05, 0) is 42.0 Å². The van der Waals surface area contributed by atoms with Crippen LogP contribution in [0.25, 0.3) is 11.4 Å². The van der Waals surface area contributed by atoms with E-state index in [1.807, 2.05) is 24.3 Å². The van der Waals surface area contributed by atoms with Crippen molar-refractivity contribution in [2.75, 3.05) is 24.9 Å². The molecule has 182 valence electrons. The molecule has 5 rings (SSSR count). The molecule has 4 aromatic rings. The van der Waals surface area contributed by atoms with E-state index < -0.39 is 12.0 Å². The van der Waals surface area contributed by atoms with Gasteiger partial charge in [0.2, 0.25) is 5.95 Å². The largest absolute Gasteiger partial charge is 0.497 e. The number of nitrogens with one attached hydrogen (secondary N) is 3. The van der Waals surface area contributed by atoms with Crippen molar-refractivity contribution in [1.82, 2.24) is 15.2 Å². The lowest BCUT2D eigenvalue weighted by Crippen LogP contribution is -2.31. The summed E-state index contributed by atoms with van der Waals surface area (Å²) in [6.45, 7) is 0. The van der Waals surface area contributed by atoms with Crippen LogP contribution in [-0.2, 0) is 11.2 Å². The van der Waals surface area contributed by atoms with E-state index in [-0.39, 0.29) is 11.9 Å². The molecule has 3 N–H and O–H groups in total. The Morgan fingerprint density at radius 1 is 1.00 bits per heavy atom. The first-order valence-corrected chi connectivity index (χ1v) is 11.2. The predicted molar refractivity (Wildman–Crippen MR) is 133 cm³/mol. The van der Waals surface area contributed by atoms with Gasteiger partial charge in [-0.3, -0.25) is 20.0 Å². The lowest BCUT2D eigenvalue weighted by atomic mass is 10.1. The van der Waals surface area contributed by atoms with Crippen LogP contribution in [0.2, 0.25) is 0 Å². The van der Waals surface area contributed by atoms with E-state index in [1.165, 1.54) is 0 Å². The number of ether oxygens (including phenoxy) is 3. The first kappa shape index (κ1) is 22.9. The number of H-pyrrole nitrogens is 1. The number of hydrogen-bond acceptors (Lipinski definition) is 7. The van der Waals surface area contributed by atoms with Crippen molar-refractivity contribution in [3.63, 3.8) is 0 Å². The Bertz CT molecular complexity index is 1410. The first-order valence-electron chi connectivity index (χ1n) is 11.2. The van der Waals surface area contributed by atoms with Crippen molar-refractivity contribution in [3.8, 4) is 28.6 Å². The number of carbonyl (C=O) groups excluding carboxylic acids is 2. The highest BCUT2D eigenvalue weighted by molar-refractivity contribution is 6.04. The van der Waals surface area contributed by atoms with Gasteiger partial charge in [0, 0.05) is 23.7 Å². The zero-order chi connectivity index (χ0) is 25.1. The monoisotopic (exact) mass is 485 g/mol. The molecule has 1 aliphatic rings. The third-order valence-electron chi connectivity index (χ3n) is 5.71. The molecule has 10 heteroatoms. The van der Waals surface area contributed by atoms with Gasteiger partial charge in [-0.15, -0.1) is 5.10 Å². The number of nitrogens with zero attached hydrogens (tertiary/aromatic N) is 2. The van der Waals surface area contributed by atoms with Gasteiger partial charge in [0.25, 0.3) is 11.8 Å². The average Bonchev–Trinajstić information content (AvgIpc) is 3.55. The summed E-state index contributed by atoms with van der Waals surface area (Å²) in [4.78, 5) is 29.9. The summed E-state index contributed by atoms with van der Waals surface area (Å²) in [6.07, 6.45) is -0.129. The number of amides is 2. The third-order valence-corrected chi connectivity index (χ3v) is 5.71. The molecule has 1 unspecified atom stereocenters. The Balaban J connectivity index is 1.25. The van der Waals surface area contributed by atoms with Crippen LogP contribution in [0.4, 0.5) is 11.6 Å². The number of carbonyl (C=O) groups is 2. The van der Waals surface area contributed by atoms with Crippen molar-refractivity contribution in [2.24, 2.45) is 0 Å². The Morgan fingerprint density at radius 3 is 2.67 bits per heavy atom. The molecule has 10 nitrogen and oxygen atoms in total. The van der Waals surface area contributed by atoms with Gasteiger partial charge >= 0.3 is 0 Å². The molecular formula is C26H23N5O5. The van der Waals surface area contributed by atoms with Gasteiger partial charge in [0.15, 0.2) is 11.9 Å². The number of aromatic amines is 1. The summed E-state index contributed by atoms with van der Waals surface area (Å²) in [7, 11) is 3.11. The fourth-order valence-corrected chi connectivity index (χ4v) is 3.90. The average molecular weight is 486 g/mol. The molecule has 0 saturated carbocycles.